The Morgan fingerprint density at radius 3 is 2.88 bits per heavy atom. The van der Waals surface area contributed by atoms with Gasteiger partial charge in [-0.1, -0.05) is 30.3 Å². The van der Waals surface area contributed by atoms with E-state index in [-0.39, 0.29) is 11.8 Å². The highest BCUT2D eigenvalue weighted by atomic mass is 16.2. The summed E-state index contributed by atoms with van der Waals surface area (Å²) in [6.45, 7) is 2.77. The number of benzene rings is 1. The van der Waals surface area contributed by atoms with Gasteiger partial charge in [0.15, 0.2) is 0 Å². The number of piperidine rings is 1. The molecular formula is C13H19N3O. The molecule has 1 saturated heterocycles. The Bertz CT molecular complexity index is 366. The lowest BCUT2D eigenvalue weighted by atomic mass is 9.97. The maximum atomic E-state index is 11.5. The van der Waals surface area contributed by atoms with Crippen LogP contribution in [0.15, 0.2) is 30.3 Å². The Kier molecular flexibility index (Phi) is 4.12. The highest BCUT2D eigenvalue weighted by Crippen LogP contribution is 2.18. The number of nitrogens with zero attached hydrogens (tertiary/aromatic N) is 1. The van der Waals surface area contributed by atoms with Crippen LogP contribution in [0.3, 0.4) is 0 Å². The van der Waals surface area contributed by atoms with Crippen molar-refractivity contribution in [1.82, 2.24) is 10.3 Å². The van der Waals surface area contributed by atoms with Crippen molar-refractivity contribution < 1.29 is 4.79 Å². The molecule has 1 aliphatic rings. The molecule has 1 aromatic carbocycles. The number of likely N-dealkylation sites (tertiary alicyclic amines) is 1. The fraction of sp³-hybridized carbons (Fsp3) is 0.462. The van der Waals surface area contributed by atoms with Crippen molar-refractivity contribution in [3.8, 4) is 0 Å². The minimum Gasteiger partial charge on any atom is -0.298 e. The molecule has 17 heavy (non-hydrogen) atoms. The van der Waals surface area contributed by atoms with Crippen LogP contribution in [-0.4, -0.2) is 23.9 Å². The maximum absolute atomic E-state index is 11.5. The van der Waals surface area contributed by atoms with Crippen molar-refractivity contribution in [2.45, 2.75) is 19.4 Å². The number of nitrogens with two attached hydrogens (primary N) is 1. The second-order valence-electron chi connectivity index (χ2n) is 4.57. The number of hydrogen-bond donors (Lipinski definition) is 2. The summed E-state index contributed by atoms with van der Waals surface area (Å²) in [7, 11) is 0. The number of hydrazine groups is 1. The van der Waals surface area contributed by atoms with Crippen LogP contribution in [0.5, 0.6) is 0 Å². The van der Waals surface area contributed by atoms with Gasteiger partial charge in [-0.15, -0.1) is 0 Å². The smallest absolute Gasteiger partial charge is 0.238 e. The van der Waals surface area contributed by atoms with Crippen molar-refractivity contribution in [2.75, 3.05) is 13.1 Å². The van der Waals surface area contributed by atoms with E-state index in [9.17, 15) is 4.79 Å². The molecule has 0 radical (unpaired) electrons. The Hall–Kier alpha value is -1.39. The summed E-state index contributed by atoms with van der Waals surface area (Å²) in [6, 6.07) is 10.3. The first-order valence-electron chi connectivity index (χ1n) is 6.06. The van der Waals surface area contributed by atoms with Crippen molar-refractivity contribution in [3.05, 3.63) is 35.9 Å². The van der Waals surface area contributed by atoms with E-state index in [0.717, 1.165) is 32.5 Å². The molecule has 2 rings (SSSR count). The zero-order chi connectivity index (χ0) is 12.1. The summed E-state index contributed by atoms with van der Waals surface area (Å²) < 4.78 is 0. The fourth-order valence-corrected chi connectivity index (χ4v) is 2.37. The molecule has 4 heteroatoms. The molecule has 1 amide bonds. The molecule has 0 aromatic heterocycles. The highest BCUT2D eigenvalue weighted by Gasteiger charge is 2.24. The van der Waals surface area contributed by atoms with Crippen LogP contribution in [0.25, 0.3) is 0 Å². The van der Waals surface area contributed by atoms with E-state index in [1.165, 1.54) is 5.56 Å². The first-order valence-corrected chi connectivity index (χ1v) is 6.06. The lowest BCUT2D eigenvalue weighted by molar-refractivity contribution is -0.126. The van der Waals surface area contributed by atoms with Crippen LogP contribution in [0.1, 0.15) is 18.4 Å². The maximum Gasteiger partial charge on any atom is 0.238 e. The molecule has 0 aliphatic carbocycles. The fourth-order valence-electron chi connectivity index (χ4n) is 2.37. The first-order chi connectivity index (χ1) is 8.29. The van der Waals surface area contributed by atoms with Gasteiger partial charge in [-0.05, 0) is 24.9 Å². The first kappa shape index (κ1) is 12.1. The average molecular weight is 233 g/mol. The van der Waals surface area contributed by atoms with Gasteiger partial charge in [0.25, 0.3) is 0 Å². The Morgan fingerprint density at radius 1 is 1.41 bits per heavy atom. The molecule has 1 fully saturated rings. The SMILES string of the molecule is NNC(=O)C1CCCN(Cc2ccccc2)C1. The predicted octanol–water partition coefficient (Wildman–Crippen LogP) is 0.888. The lowest BCUT2D eigenvalue weighted by Gasteiger charge is -2.31. The number of nitrogens with one attached hydrogen (secondary N) is 1. The van der Waals surface area contributed by atoms with Crippen LogP contribution < -0.4 is 11.3 Å². The zero-order valence-electron chi connectivity index (χ0n) is 9.93. The molecule has 4 nitrogen and oxygen atoms in total. The molecule has 92 valence electrons. The Morgan fingerprint density at radius 2 is 2.18 bits per heavy atom. The summed E-state index contributed by atoms with van der Waals surface area (Å²) in [6.07, 6.45) is 2.00. The number of amides is 1. The van der Waals surface area contributed by atoms with Crippen LogP contribution in [0.4, 0.5) is 0 Å². The van der Waals surface area contributed by atoms with Gasteiger partial charge in [0.05, 0.1) is 5.92 Å². The van der Waals surface area contributed by atoms with Gasteiger partial charge < -0.3 is 0 Å². The lowest BCUT2D eigenvalue weighted by Crippen LogP contribution is -2.44. The second kappa shape index (κ2) is 5.80. The number of rotatable bonds is 3. The normalized spacial score (nSPS) is 21.1. The second-order valence-corrected chi connectivity index (χ2v) is 4.57. The van der Waals surface area contributed by atoms with Gasteiger partial charge in [0.1, 0.15) is 0 Å². The van der Waals surface area contributed by atoms with Crippen molar-refractivity contribution in [1.29, 1.82) is 0 Å². The van der Waals surface area contributed by atoms with E-state index >= 15 is 0 Å². The molecule has 0 saturated carbocycles. The monoisotopic (exact) mass is 233 g/mol. The standard InChI is InChI=1S/C13H19N3O/c14-15-13(17)12-7-4-8-16(10-12)9-11-5-2-1-3-6-11/h1-3,5-6,12H,4,7-10,14H2,(H,15,17). The zero-order valence-corrected chi connectivity index (χ0v) is 9.93. The topological polar surface area (TPSA) is 58.4 Å². The van der Waals surface area contributed by atoms with Gasteiger partial charge in [0, 0.05) is 13.1 Å². The van der Waals surface area contributed by atoms with E-state index in [4.69, 9.17) is 5.84 Å². The van der Waals surface area contributed by atoms with E-state index in [1.807, 2.05) is 18.2 Å². The van der Waals surface area contributed by atoms with E-state index < -0.39 is 0 Å². The van der Waals surface area contributed by atoms with Crippen molar-refractivity contribution in [3.63, 3.8) is 0 Å². The molecule has 0 bridgehead atoms. The van der Waals surface area contributed by atoms with Crippen LogP contribution in [-0.2, 0) is 11.3 Å². The molecule has 1 heterocycles. The molecular weight excluding hydrogens is 214 g/mol. The van der Waals surface area contributed by atoms with Crippen LogP contribution in [0.2, 0.25) is 0 Å². The summed E-state index contributed by atoms with van der Waals surface area (Å²) in [5.74, 6) is 5.18. The van der Waals surface area contributed by atoms with Gasteiger partial charge in [-0.2, -0.15) is 0 Å². The molecule has 0 spiro atoms. The van der Waals surface area contributed by atoms with Gasteiger partial charge >= 0.3 is 0 Å². The highest BCUT2D eigenvalue weighted by molar-refractivity contribution is 5.78. The third-order valence-electron chi connectivity index (χ3n) is 3.27. The van der Waals surface area contributed by atoms with E-state index in [2.05, 4.69) is 22.5 Å². The summed E-state index contributed by atoms with van der Waals surface area (Å²) in [5, 5.41) is 0. The molecule has 1 aromatic rings. The Labute approximate surface area is 102 Å². The van der Waals surface area contributed by atoms with E-state index in [1.54, 1.807) is 0 Å². The quantitative estimate of drug-likeness (QED) is 0.463. The average Bonchev–Trinajstić information content (AvgIpc) is 2.39. The summed E-state index contributed by atoms with van der Waals surface area (Å²) >= 11 is 0. The molecule has 3 N–H and O–H groups in total. The van der Waals surface area contributed by atoms with Gasteiger partial charge in [-0.25, -0.2) is 5.84 Å². The van der Waals surface area contributed by atoms with Gasteiger partial charge in [0.2, 0.25) is 5.91 Å². The van der Waals surface area contributed by atoms with Crippen molar-refractivity contribution >= 4 is 5.91 Å². The summed E-state index contributed by atoms with van der Waals surface area (Å²) in [4.78, 5) is 13.8. The van der Waals surface area contributed by atoms with Gasteiger partial charge in [-0.3, -0.25) is 15.1 Å². The van der Waals surface area contributed by atoms with Crippen molar-refractivity contribution in [2.24, 2.45) is 11.8 Å². The number of hydrogen-bond acceptors (Lipinski definition) is 3. The van der Waals surface area contributed by atoms with Crippen LogP contribution >= 0.6 is 0 Å². The molecule has 1 aliphatic heterocycles. The minimum absolute atomic E-state index is 0.0391. The third kappa shape index (κ3) is 3.28. The number of carbonyl (C=O) groups is 1. The molecule has 1 atom stereocenters. The minimum atomic E-state index is -0.0391. The number of carbonyl (C=O) groups excluding carboxylic acids is 1. The Balaban J connectivity index is 1.92. The predicted molar refractivity (Wildman–Crippen MR) is 66.8 cm³/mol. The molecule has 1 unspecified atom stereocenters. The summed E-state index contributed by atoms with van der Waals surface area (Å²) in [5.41, 5.74) is 3.55. The largest absolute Gasteiger partial charge is 0.298 e. The van der Waals surface area contributed by atoms with Crippen LogP contribution in [0, 0.1) is 5.92 Å². The van der Waals surface area contributed by atoms with E-state index in [0.29, 0.717) is 0 Å². The third-order valence-corrected chi connectivity index (χ3v) is 3.27.